The molecule has 0 radical (unpaired) electrons. The van der Waals surface area contributed by atoms with E-state index in [-0.39, 0.29) is 16.7 Å². The lowest BCUT2D eigenvalue weighted by Gasteiger charge is -2.32. The summed E-state index contributed by atoms with van der Waals surface area (Å²) < 4.78 is 40.4. The Bertz CT molecular complexity index is 1210. The van der Waals surface area contributed by atoms with Crippen LogP contribution in [0.3, 0.4) is 0 Å². The molecule has 2 aliphatic rings. The molecule has 8 nitrogen and oxygen atoms in total. The Morgan fingerprint density at radius 3 is 2.26 bits per heavy atom. The highest BCUT2D eigenvalue weighted by Gasteiger charge is 2.35. The van der Waals surface area contributed by atoms with E-state index in [0.29, 0.717) is 55.3 Å². The lowest BCUT2D eigenvalue weighted by Crippen LogP contribution is -2.41. The van der Waals surface area contributed by atoms with Crippen LogP contribution in [0.1, 0.15) is 32.3 Å². The van der Waals surface area contributed by atoms with E-state index in [4.69, 9.17) is 9.47 Å². The van der Waals surface area contributed by atoms with Crippen molar-refractivity contribution in [2.75, 3.05) is 32.1 Å². The molecule has 2 aliphatic heterocycles. The lowest BCUT2D eigenvalue weighted by atomic mass is 9.95. The van der Waals surface area contributed by atoms with Crippen LogP contribution in [0.25, 0.3) is 4.91 Å². The molecule has 2 heterocycles. The fourth-order valence-electron chi connectivity index (χ4n) is 4.32. The van der Waals surface area contributed by atoms with Crippen molar-refractivity contribution in [3.05, 3.63) is 59.7 Å². The summed E-state index contributed by atoms with van der Waals surface area (Å²) in [6.07, 6.45) is 1.24. The maximum Gasteiger partial charge on any atom is 0.285 e. The van der Waals surface area contributed by atoms with Crippen LogP contribution >= 0.6 is 0 Å². The largest absolute Gasteiger partial charge is 0.497 e. The van der Waals surface area contributed by atoms with Gasteiger partial charge in [-0.25, -0.2) is 0 Å². The number of nitrogens with one attached hydrogen (secondary N) is 1. The van der Waals surface area contributed by atoms with Crippen molar-refractivity contribution in [1.82, 2.24) is 4.90 Å². The number of amides is 1. The van der Waals surface area contributed by atoms with Gasteiger partial charge in [-0.2, -0.15) is 8.42 Å². The number of amidine groups is 1. The number of nitrogens with zero attached hydrogens (tertiary/aromatic N) is 2. The lowest BCUT2D eigenvalue weighted by molar-refractivity contribution is -0.120. The number of hydrogen-bond donors (Lipinski definition) is 1. The number of carbonyl (C=O) groups is 1. The molecular formula is C25H29N3O5S. The third-order valence-corrected chi connectivity index (χ3v) is 7.56. The Balaban J connectivity index is 1.41. The quantitative estimate of drug-likeness (QED) is 0.669. The third-order valence-electron chi connectivity index (χ3n) is 6.09. The number of benzene rings is 2. The summed E-state index contributed by atoms with van der Waals surface area (Å²) in [4.78, 5) is 14.9. The zero-order valence-corrected chi connectivity index (χ0v) is 20.4. The van der Waals surface area contributed by atoms with Crippen molar-refractivity contribution in [3.63, 3.8) is 0 Å². The number of hydrogen-bond acceptors (Lipinski definition) is 6. The summed E-state index contributed by atoms with van der Waals surface area (Å²) in [5.74, 6) is 1.71. The second-order valence-corrected chi connectivity index (χ2v) is 9.82. The topological polar surface area (TPSA) is 97.3 Å². The van der Waals surface area contributed by atoms with Crippen molar-refractivity contribution in [1.29, 1.82) is 0 Å². The summed E-state index contributed by atoms with van der Waals surface area (Å²) in [5, 5.41) is 2.97. The molecule has 1 saturated heterocycles. The van der Waals surface area contributed by atoms with Gasteiger partial charge < -0.3 is 19.7 Å². The van der Waals surface area contributed by atoms with E-state index < -0.39 is 10.0 Å². The van der Waals surface area contributed by atoms with Gasteiger partial charge in [0.15, 0.2) is 0 Å². The van der Waals surface area contributed by atoms with Gasteiger partial charge in [0.05, 0.1) is 13.7 Å². The summed E-state index contributed by atoms with van der Waals surface area (Å²) in [6.45, 7) is 5.42. The first kappa shape index (κ1) is 23.8. The van der Waals surface area contributed by atoms with Gasteiger partial charge in [-0.3, -0.25) is 4.79 Å². The van der Waals surface area contributed by atoms with E-state index in [2.05, 4.69) is 9.71 Å². The molecule has 0 saturated carbocycles. The highest BCUT2D eigenvalue weighted by molar-refractivity contribution is 8.00. The van der Waals surface area contributed by atoms with Crippen molar-refractivity contribution in [2.45, 2.75) is 26.7 Å². The average molecular weight is 484 g/mol. The van der Waals surface area contributed by atoms with Crippen LogP contribution in [-0.2, 0) is 14.8 Å². The smallest absolute Gasteiger partial charge is 0.285 e. The normalized spacial score (nSPS) is 18.0. The SMILES string of the molecule is CCOc1ccc(NC(=O)C2CCN(C3=NS(=O)(=O)C(c4ccc(OC)cc4)=C3C)CC2)cc1. The molecule has 0 unspecified atom stereocenters. The standard InChI is InChI=1S/C25H29N3O5S/c1-4-33-22-11-7-20(8-12-22)26-25(29)19-13-15-28(16-14-19)24-17(2)23(34(30,31)27-24)18-5-9-21(32-3)10-6-18/h5-12,19H,4,13-16H2,1-3H3,(H,26,29). The van der Waals surface area contributed by atoms with Gasteiger partial charge in [0.2, 0.25) is 5.91 Å². The van der Waals surface area contributed by atoms with Crippen LogP contribution in [0.5, 0.6) is 11.5 Å². The van der Waals surface area contributed by atoms with E-state index in [1.165, 1.54) is 0 Å². The minimum absolute atomic E-state index is 0.0315. The van der Waals surface area contributed by atoms with Gasteiger partial charge >= 0.3 is 0 Å². The molecule has 180 valence electrons. The molecule has 1 amide bonds. The highest BCUT2D eigenvalue weighted by atomic mass is 32.2. The Labute approximate surface area is 200 Å². The summed E-state index contributed by atoms with van der Waals surface area (Å²) in [6, 6.07) is 14.2. The Morgan fingerprint density at radius 2 is 1.68 bits per heavy atom. The molecule has 34 heavy (non-hydrogen) atoms. The van der Waals surface area contributed by atoms with E-state index >= 15 is 0 Å². The first-order valence-electron chi connectivity index (χ1n) is 11.3. The van der Waals surface area contributed by atoms with Crippen LogP contribution in [0.2, 0.25) is 0 Å². The molecule has 1 N–H and O–H groups in total. The van der Waals surface area contributed by atoms with E-state index in [9.17, 15) is 13.2 Å². The maximum atomic E-state index is 12.8. The number of piperidine rings is 1. The Morgan fingerprint density at radius 1 is 1.06 bits per heavy atom. The van der Waals surface area contributed by atoms with Crippen molar-refractivity contribution in [3.8, 4) is 11.5 Å². The summed E-state index contributed by atoms with van der Waals surface area (Å²) >= 11 is 0. The number of likely N-dealkylation sites (tertiary alicyclic amines) is 1. The molecule has 0 atom stereocenters. The number of methoxy groups -OCH3 is 1. The predicted molar refractivity (Wildman–Crippen MR) is 132 cm³/mol. The van der Waals surface area contributed by atoms with Crippen LogP contribution in [0, 0.1) is 5.92 Å². The van der Waals surface area contributed by atoms with Crippen molar-refractivity contribution < 1.29 is 22.7 Å². The van der Waals surface area contributed by atoms with Crippen LogP contribution in [-0.4, -0.2) is 51.9 Å². The van der Waals surface area contributed by atoms with Crippen molar-refractivity contribution in [2.24, 2.45) is 10.3 Å². The molecular weight excluding hydrogens is 454 g/mol. The molecule has 0 aliphatic carbocycles. The fraction of sp³-hybridized carbons (Fsp3) is 0.360. The summed E-state index contributed by atoms with van der Waals surface area (Å²) in [7, 11) is -2.23. The molecule has 9 heteroatoms. The van der Waals surface area contributed by atoms with Crippen LogP contribution in [0.15, 0.2) is 58.5 Å². The van der Waals surface area contributed by atoms with Gasteiger partial charge in [-0.15, -0.1) is 4.40 Å². The average Bonchev–Trinajstić information content (AvgIpc) is 3.09. The van der Waals surface area contributed by atoms with E-state index in [1.807, 2.05) is 36.1 Å². The molecule has 4 rings (SSSR count). The second kappa shape index (κ2) is 9.89. The van der Waals surface area contributed by atoms with Gasteiger partial charge in [-0.05, 0) is 80.8 Å². The van der Waals surface area contributed by atoms with Crippen LogP contribution in [0.4, 0.5) is 5.69 Å². The maximum absolute atomic E-state index is 12.8. The highest BCUT2D eigenvalue weighted by Crippen LogP contribution is 2.35. The van der Waals surface area contributed by atoms with Gasteiger partial charge in [0.25, 0.3) is 10.0 Å². The number of carbonyl (C=O) groups excluding carboxylic acids is 1. The minimum atomic E-state index is -3.79. The monoisotopic (exact) mass is 483 g/mol. The van der Waals surface area contributed by atoms with Crippen LogP contribution < -0.4 is 14.8 Å². The number of rotatable bonds is 6. The number of sulfonamides is 1. The third kappa shape index (κ3) is 4.94. The van der Waals surface area contributed by atoms with Gasteiger partial charge in [0, 0.05) is 30.3 Å². The zero-order chi connectivity index (χ0) is 24.3. The van der Waals surface area contributed by atoms with Gasteiger partial charge in [-0.1, -0.05) is 0 Å². The zero-order valence-electron chi connectivity index (χ0n) is 19.6. The molecule has 1 fully saturated rings. The number of ether oxygens (including phenoxy) is 2. The fourth-order valence-corrected chi connectivity index (χ4v) is 5.81. The first-order valence-corrected chi connectivity index (χ1v) is 12.8. The molecule has 0 aromatic heterocycles. The molecule has 0 spiro atoms. The first-order chi connectivity index (χ1) is 16.3. The molecule has 2 aromatic rings. The molecule has 0 bridgehead atoms. The van der Waals surface area contributed by atoms with E-state index in [0.717, 1.165) is 11.4 Å². The predicted octanol–water partition coefficient (Wildman–Crippen LogP) is 3.92. The van der Waals surface area contributed by atoms with Gasteiger partial charge in [0.1, 0.15) is 22.2 Å². The Kier molecular flexibility index (Phi) is 6.92. The molecule has 2 aromatic carbocycles. The number of anilines is 1. The second-order valence-electron chi connectivity index (χ2n) is 8.28. The van der Waals surface area contributed by atoms with Crippen molar-refractivity contribution >= 4 is 32.4 Å². The van der Waals surface area contributed by atoms with E-state index in [1.54, 1.807) is 38.3 Å². The Hall–Kier alpha value is -3.33. The minimum Gasteiger partial charge on any atom is -0.497 e. The summed E-state index contributed by atoms with van der Waals surface area (Å²) in [5.41, 5.74) is 1.94.